The van der Waals surface area contributed by atoms with Crippen LogP contribution < -0.4 is 0 Å². The maximum Gasteiger partial charge on any atom is 0.0802 e. The summed E-state index contributed by atoms with van der Waals surface area (Å²) in [4.78, 5) is 5.13. The van der Waals surface area contributed by atoms with Crippen LogP contribution in [0.5, 0.6) is 0 Å². The van der Waals surface area contributed by atoms with Gasteiger partial charge in [0, 0.05) is 38.8 Å². The van der Waals surface area contributed by atoms with E-state index in [2.05, 4.69) is 28.9 Å². The summed E-state index contributed by atoms with van der Waals surface area (Å²) in [5.74, 6) is 0. The lowest BCUT2D eigenvalue weighted by Gasteiger charge is -2.35. The normalized spacial score (nSPS) is 22.9. The van der Waals surface area contributed by atoms with Crippen LogP contribution >= 0.6 is 0 Å². The van der Waals surface area contributed by atoms with Crippen molar-refractivity contribution in [2.24, 2.45) is 0 Å². The van der Waals surface area contributed by atoms with Crippen LogP contribution in [0.4, 0.5) is 0 Å². The quantitative estimate of drug-likeness (QED) is 0.891. The van der Waals surface area contributed by atoms with Gasteiger partial charge in [0.2, 0.25) is 0 Å². The van der Waals surface area contributed by atoms with Crippen molar-refractivity contribution in [3.63, 3.8) is 0 Å². The molecule has 3 rings (SSSR count). The Morgan fingerprint density at radius 3 is 2.35 bits per heavy atom. The Morgan fingerprint density at radius 1 is 1.10 bits per heavy atom. The molecule has 0 bridgehead atoms. The van der Waals surface area contributed by atoms with Gasteiger partial charge in [0.1, 0.15) is 0 Å². The molecular formula is C17H26N2O. The van der Waals surface area contributed by atoms with Gasteiger partial charge < -0.3 is 10.0 Å². The Morgan fingerprint density at radius 2 is 1.75 bits per heavy atom. The van der Waals surface area contributed by atoms with Crippen molar-refractivity contribution in [2.45, 2.75) is 38.3 Å². The van der Waals surface area contributed by atoms with E-state index in [4.69, 9.17) is 0 Å². The van der Waals surface area contributed by atoms with Crippen LogP contribution in [0.25, 0.3) is 0 Å². The zero-order valence-corrected chi connectivity index (χ0v) is 12.5. The smallest absolute Gasteiger partial charge is 0.0802 e. The van der Waals surface area contributed by atoms with Gasteiger partial charge in [-0.3, -0.25) is 4.90 Å². The zero-order valence-electron chi connectivity index (χ0n) is 12.5. The highest BCUT2D eigenvalue weighted by atomic mass is 16.3. The van der Waals surface area contributed by atoms with Gasteiger partial charge in [-0.2, -0.15) is 0 Å². The summed E-state index contributed by atoms with van der Waals surface area (Å²) in [7, 11) is 0. The van der Waals surface area contributed by atoms with Gasteiger partial charge >= 0.3 is 0 Å². The van der Waals surface area contributed by atoms with Crippen molar-refractivity contribution in [1.29, 1.82) is 0 Å². The summed E-state index contributed by atoms with van der Waals surface area (Å²) in [5.41, 5.74) is 2.30. The first kappa shape index (κ1) is 14.1. The molecule has 1 atom stereocenters. The highest BCUT2D eigenvalue weighted by molar-refractivity contribution is 5.23. The molecule has 1 aromatic rings. The van der Waals surface area contributed by atoms with Crippen molar-refractivity contribution >= 4 is 0 Å². The van der Waals surface area contributed by atoms with Crippen molar-refractivity contribution < 1.29 is 5.11 Å². The second-order valence-corrected chi connectivity index (χ2v) is 6.32. The number of piperazine rings is 1. The van der Waals surface area contributed by atoms with Gasteiger partial charge in [0.05, 0.1) is 6.10 Å². The molecule has 3 nitrogen and oxygen atoms in total. The lowest BCUT2D eigenvalue weighted by molar-refractivity contribution is 0.0990. The monoisotopic (exact) mass is 274 g/mol. The third kappa shape index (κ3) is 3.60. The molecule has 2 aliphatic rings. The first-order chi connectivity index (χ1) is 9.72. The van der Waals surface area contributed by atoms with Gasteiger partial charge in [0.15, 0.2) is 0 Å². The first-order valence-corrected chi connectivity index (χ1v) is 7.93. The molecule has 1 saturated heterocycles. The van der Waals surface area contributed by atoms with Gasteiger partial charge in [-0.1, -0.05) is 29.8 Å². The van der Waals surface area contributed by atoms with Crippen molar-refractivity contribution in [2.75, 3.05) is 32.7 Å². The fourth-order valence-corrected chi connectivity index (χ4v) is 3.05. The molecule has 1 heterocycles. The average Bonchev–Trinajstić information content (AvgIpc) is 3.31. The molecular weight excluding hydrogens is 248 g/mol. The summed E-state index contributed by atoms with van der Waals surface area (Å²) >= 11 is 0. The van der Waals surface area contributed by atoms with Crippen molar-refractivity contribution in [3.05, 3.63) is 35.4 Å². The number of aliphatic hydroxyl groups is 1. The van der Waals surface area contributed by atoms with E-state index in [0.717, 1.165) is 37.7 Å². The zero-order chi connectivity index (χ0) is 13.9. The Bertz CT molecular complexity index is 419. The molecule has 0 radical (unpaired) electrons. The minimum absolute atomic E-state index is 0.322. The highest BCUT2D eigenvalue weighted by Crippen LogP contribution is 2.27. The van der Waals surface area contributed by atoms with E-state index in [1.54, 1.807) is 0 Å². The average molecular weight is 274 g/mol. The fourth-order valence-electron chi connectivity index (χ4n) is 3.05. The maximum atomic E-state index is 10.3. The molecule has 0 amide bonds. The van der Waals surface area contributed by atoms with Gasteiger partial charge in [-0.05, 0) is 31.7 Å². The number of rotatable bonds is 5. The lowest BCUT2D eigenvalue weighted by atomic mass is 10.0. The third-order valence-corrected chi connectivity index (χ3v) is 4.65. The van der Waals surface area contributed by atoms with Crippen molar-refractivity contribution in [3.8, 4) is 0 Å². The predicted molar refractivity (Wildman–Crippen MR) is 81.8 cm³/mol. The van der Waals surface area contributed by atoms with Crippen LogP contribution in [-0.4, -0.2) is 53.7 Å². The minimum atomic E-state index is -0.322. The van der Waals surface area contributed by atoms with Crippen LogP contribution in [-0.2, 0) is 0 Å². The minimum Gasteiger partial charge on any atom is -0.388 e. The molecule has 2 fully saturated rings. The maximum absolute atomic E-state index is 10.3. The topological polar surface area (TPSA) is 26.7 Å². The Balaban J connectivity index is 1.41. The third-order valence-electron chi connectivity index (χ3n) is 4.65. The number of aliphatic hydroxyl groups excluding tert-OH is 1. The van der Waals surface area contributed by atoms with Gasteiger partial charge in [0.25, 0.3) is 0 Å². The molecule has 3 heteroatoms. The van der Waals surface area contributed by atoms with E-state index in [0.29, 0.717) is 0 Å². The van der Waals surface area contributed by atoms with E-state index in [1.165, 1.54) is 31.5 Å². The number of benzene rings is 1. The molecule has 0 spiro atoms. The predicted octanol–water partition coefficient (Wildman–Crippen LogP) is 2.20. The second-order valence-electron chi connectivity index (χ2n) is 6.32. The van der Waals surface area contributed by atoms with Gasteiger partial charge in [-0.25, -0.2) is 0 Å². The summed E-state index contributed by atoms with van der Waals surface area (Å²) < 4.78 is 0. The van der Waals surface area contributed by atoms with E-state index >= 15 is 0 Å². The molecule has 110 valence electrons. The second kappa shape index (κ2) is 6.25. The standard InChI is InChI=1S/C17H26N2O/c1-14-2-4-15(5-3-14)17(20)8-9-18-10-12-19(13-11-18)16-6-7-16/h2-5,16-17,20H,6-13H2,1H3. The number of aryl methyl sites for hydroxylation is 1. The summed E-state index contributed by atoms with van der Waals surface area (Å²) in [6.45, 7) is 7.84. The van der Waals surface area contributed by atoms with E-state index in [9.17, 15) is 5.11 Å². The van der Waals surface area contributed by atoms with Crippen molar-refractivity contribution in [1.82, 2.24) is 9.80 Å². The van der Waals surface area contributed by atoms with Crippen LogP contribution in [0.1, 0.15) is 36.5 Å². The molecule has 1 N–H and O–H groups in total. The van der Waals surface area contributed by atoms with E-state index in [1.807, 2.05) is 12.1 Å². The summed E-state index contributed by atoms with van der Waals surface area (Å²) in [6, 6.07) is 9.14. The number of nitrogens with zero attached hydrogens (tertiary/aromatic N) is 2. The molecule has 1 aliphatic heterocycles. The highest BCUT2D eigenvalue weighted by Gasteiger charge is 2.31. The Kier molecular flexibility index (Phi) is 4.39. The largest absolute Gasteiger partial charge is 0.388 e. The van der Waals surface area contributed by atoms with E-state index in [-0.39, 0.29) is 6.10 Å². The van der Waals surface area contributed by atoms with E-state index < -0.39 is 0 Å². The first-order valence-electron chi connectivity index (χ1n) is 7.93. The number of hydrogen-bond acceptors (Lipinski definition) is 3. The molecule has 1 aromatic carbocycles. The van der Waals surface area contributed by atoms with Crippen LogP contribution in [0.2, 0.25) is 0 Å². The molecule has 20 heavy (non-hydrogen) atoms. The SMILES string of the molecule is Cc1ccc(C(O)CCN2CCN(C3CC3)CC2)cc1. The molecule has 1 unspecified atom stereocenters. The van der Waals surface area contributed by atoms with Gasteiger partial charge in [-0.15, -0.1) is 0 Å². The molecule has 1 aliphatic carbocycles. The summed E-state index contributed by atoms with van der Waals surface area (Å²) in [5, 5.41) is 10.3. The Hall–Kier alpha value is -0.900. The summed E-state index contributed by atoms with van der Waals surface area (Å²) in [6.07, 6.45) is 3.34. The molecule has 1 saturated carbocycles. The van der Waals surface area contributed by atoms with Crippen LogP contribution in [0.15, 0.2) is 24.3 Å². The Labute approximate surface area is 122 Å². The fraction of sp³-hybridized carbons (Fsp3) is 0.647. The lowest BCUT2D eigenvalue weighted by Crippen LogP contribution is -2.47. The number of hydrogen-bond donors (Lipinski definition) is 1. The van der Waals surface area contributed by atoms with Crippen LogP contribution in [0, 0.1) is 6.92 Å². The van der Waals surface area contributed by atoms with Crippen LogP contribution in [0.3, 0.4) is 0 Å². The molecule has 0 aromatic heterocycles.